The van der Waals surface area contributed by atoms with Gasteiger partial charge in [0.25, 0.3) is 0 Å². The molecular formula is C20H25N5O2. The minimum Gasteiger partial charge on any atom is -0.507 e. The van der Waals surface area contributed by atoms with Crippen molar-refractivity contribution in [3.63, 3.8) is 0 Å². The van der Waals surface area contributed by atoms with E-state index < -0.39 is 0 Å². The van der Waals surface area contributed by atoms with Crippen molar-refractivity contribution in [2.75, 3.05) is 38.2 Å². The Labute approximate surface area is 159 Å². The van der Waals surface area contributed by atoms with Gasteiger partial charge in [-0.1, -0.05) is 0 Å². The Balaban J connectivity index is 1.47. The summed E-state index contributed by atoms with van der Waals surface area (Å²) in [6, 6.07) is 4.22. The molecule has 4 heterocycles. The molecule has 27 heavy (non-hydrogen) atoms. The second-order valence-electron chi connectivity index (χ2n) is 7.94. The molecular weight excluding hydrogens is 342 g/mol. The van der Waals surface area contributed by atoms with E-state index in [1.165, 1.54) is 19.4 Å². The number of aromatic nitrogens is 3. The van der Waals surface area contributed by atoms with Crippen LogP contribution in [0.15, 0.2) is 12.1 Å². The van der Waals surface area contributed by atoms with E-state index in [9.17, 15) is 5.11 Å². The molecule has 3 aliphatic rings. The fourth-order valence-electron chi connectivity index (χ4n) is 4.76. The van der Waals surface area contributed by atoms with E-state index in [0.717, 1.165) is 42.4 Å². The molecule has 142 valence electrons. The number of phenolic OH excluding ortho intramolecular Hbond substituents is 1. The van der Waals surface area contributed by atoms with Gasteiger partial charge in [-0.05, 0) is 51.4 Å². The van der Waals surface area contributed by atoms with Gasteiger partial charge < -0.3 is 19.6 Å². The number of phenols is 1. The Morgan fingerprint density at radius 2 is 2.04 bits per heavy atom. The monoisotopic (exact) mass is 367 g/mol. The number of aryl methyl sites for hydroxylation is 1. The summed E-state index contributed by atoms with van der Waals surface area (Å²) in [5.41, 5.74) is 2.97. The fraction of sp³-hybridized carbons (Fsp3) is 0.550. The summed E-state index contributed by atoms with van der Waals surface area (Å²) in [4.78, 5) is 9.48. The predicted molar refractivity (Wildman–Crippen MR) is 102 cm³/mol. The van der Waals surface area contributed by atoms with Gasteiger partial charge in [-0.3, -0.25) is 0 Å². The molecule has 1 N–H and O–H groups in total. The van der Waals surface area contributed by atoms with Crippen LogP contribution in [0.4, 0.5) is 5.95 Å². The minimum absolute atomic E-state index is 0.243. The van der Waals surface area contributed by atoms with E-state index >= 15 is 0 Å². The molecule has 0 aliphatic carbocycles. The normalized spacial score (nSPS) is 24.6. The largest absolute Gasteiger partial charge is 0.507 e. The Kier molecular flexibility index (Phi) is 3.93. The lowest BCUT2D eigenvalue weighted by Gasteiger charge is -2.36. The SMILES string of the molecule is Cc1nc(N2CCC3CCN(C)CC32)nnc1-c1ccc2c(c1O)CCO2. The molecule has 1 aromatic heterocycles. The Bertz CT molecular complexity index is 887. The summed E-state index contributed by atoms with van der Waals surface area (Å²) in [5, 5.41) is 19.6. The van der Waals surface area contributed by atoms with Crippen molar-refractivity contribution >= 4 is 5.95 Å². The molecule has 7 heteroatoms. The average molecular weight is 367 g/mol. The van der Waals surface area contributed by atoms with Crippen molar-refractivity contribution in [3.05, 3.63) is 23.4 Å². The van der Waals surface area contributed by atoms with Crippen molar-refractivity contribution in [2.24, 2.45) is 5.92 Å². The Hall–Kier alpha value is -2.41. The molecule has 5 rings (SSSR count). The maximum atomic E-state index is 10.7. The molecule has 0 bridgehead atoms. The average Bonchev–Trinajstić information content (AvgIpc) is 3.29. The molecule has 3 aliphatic heterocycles. The maximum Gasteiger partial charge on any atom is 0.245 e. The van der Waals surface area contributed by atoms with Crippen LogP contribution in [0.5, 0.6) is 11.5 Å². The van der Waals surface area contributed by atoms with Crippen LogP contribution in [-0.2, 0) is 6.42 Å². The molecule has 2 unspecified atom stereocenters. The first kappa shape index (κ1) is 16.7. The number of fused-ring (bicyclic) bond motifs is 2. The van der Waals surface area contributed by atoms with Crippen LogP contribution < -0.4 is 9.64 Å². The van der Waals surface area contributed by atoms with Gasteiger partial charge >= 0.3 is 0 Å². The quantitative estimate of drug-likeness (QED) is 0.870. The lowest BCUT2D eigenvalue weighted by Crippen LogP contribution is -2.47. The molecule has 7 nitrogen and oxygen atoms in total. The number of hydrogen-bond donors (Lipinski definition) is 1. The van der Waals surface area contributed by atoms with Gasteiger partial charge in [0, 0.05) is 36.7 Å². The number of hydrogen-bond acceptors (Lipinski definition) is 7. The summed E-state index contributed by atoms with van der Waals surface area (Å²) in [7, 11) is 2.18. The Morgan fingerprint density at radius 1 is 1.19 bits per heavy atom. The highest BCUT2D eigenvalue weighted by Crippen LogP contribution is 2.40. The van der Waals surface area contributed by atoms with E-state index in [1.54, 1.807) is 0 Å². The molecule has 2 aromatic rings. The second kappa shape index (κ2) is 6.34. The Morgan fingerprint density at radius 3 is 2.89 bits per heavy atom. The first-order valence-corrected chi connectivity index (χ1v) is 9.76. The lowest BCUT2D eigenvalue weighted by molar-refractivity contribution is 0.207. The number of nitrogens with zero attached hydrogens (tertiary/aromatic N) is 5. The number of benzene rings is 1. The van der Waals surface area contributed by atoms with Gasteiger partial charge in [-0.25, -0.2) is 4.98 Å². The lowest BCUT2D eigenvalue weighted by atomic mass is 9.92. The third-order valence-electron chi connectivity index (χ3n) is 6.28. The molecule has 1 aromatic carbocycles. The highest BCUT2D eigenvalue weighted by molar-refractivity contribution is 5.72. The summed E-state index contributed by atoms with van der Waals surface area (Å²) in [6.07, 6.45) is 3.17. The number of likely N-dealkylation sites (tertiary alicyclic amines) is 1. The van der Waals surface area contributed by atoms with Crippen LogP contribution in [-0.4, -0.2) is 64.5 Å². The number of rotatable bonds is 2. The van der Waals surface area contributed by atoms with Crippen LogP contribution in [0.2, 0.25) is 0 Å². The molecule has 0 radical (unpaired) electrons. The topological polar surface area (TPSA) is 74.6 Å². The third-order valence-corrected chi connectivity index (χ3v) is 6.28. The summed E-state index contributed by atoms with van der Waals surface area (Å²) >= 11 is 0. The van der Waals surface area contributed by atoms with Crippen LogP contribution in [0, 0.1) is 12.8 Å². The van der Waals surface area contributed by atoms with Crippen molar-refractivity contribution in [3.8, 4) is 22.8 Å². The maximum absolute atomic E-state index is 10.7. The van der Waals surface area contributed by atoms with E-state index in [1.807, 2.05) is 19.1 Å². The zero-order valence-corrected chi connectivity index (χ0v) is 15.9. The first-order valence-electron chi connectivity index (χ1n) is 9.76. The van der Waals surface area contributed by atoms with Crippen LogP contribution in [0.3, 0.4) is 0 Å². The van der Waals surface area contributed by atoms with Gasteiger partial charge in [0.2, 0.25) is 5.95 Å². The van der Waals surface area contributed by atoms with E-state index in [4.69, 9.17) is 9.72 Å². The van der Waals surface area contributed by atoms with E-state index in [-0.39, 0.29) is 5.75 Å². The second-order valence-corrected chi connectivity index (χ2v) is 7.94. The fourth-order valence-corrected chi connectivity index (χ4v) is 4.76. The van der Waals surface area contributed by atoms with E-state index in [0.29, 0.717) is 29.9 Å². The smallest absolute Gasteiger partial charge is 0.245 e. The number of aromatic hydroxyl groups is 1. The van der Waals surface area contributed by atoms with Gasteiger partial charge in [0.05, 0.1) is 12.3 Å². The summed E-state index contributed by atoms with van der Waals surface area (Å²) in [5.74, 6) is 2.44. The molecule has 2 saturated heterocycles. The summed E-state index contributed by atoms with van der Waals surface area (Å²) in [6.45, 7) is 5.77. The molecule has 2 fully saturated rings. The zero-order chi connectivity index (χ0) is 18.5. The van der Waals surface area contributed by atoms with Crippen molar-refractivity contribution < 1.29 is 9.84 Å². The van der Waals surface area contributed by atoms with Crippen molar-refractivity contribution in [1.82, 2.24) is 20.1 Å². The van der Waals surface area contributed by atoms with Gasteiger partial charge in [0.15, 0.2) is 0 Å². The molecule has 0 spiro atoms. The minimum atomic E-state index is 0.243. The first-order chi connectivity index (χ1) is 13.1. The van der Waals surface area contributed by atoms with Crippen LogP contribution in [0.1, 0.15) is 24.1 Å². The molecule has 0 saturated carbocycles. The van der Waals surface area contributed by atoms with Crippen molar-refractivity contribution in [1.29, 1.82) is 0 Å². The third kappa shape index (κ3) is 2.72. The predicted octanol–water partition coefficient (Wildman–Crippen LogP) is 2.02. The van der Waals surface area contributed by atoms with E-state index in [2.05, 4.69) is 27.0 Å². The number of likely N-dealkylation sites (N-methyl/N-ethyl adjacent to an activating group) is 1. The standard InChI is InChI=1S/C20H25N5O2/c1-12-18(15-3-4-17-14(19(15)26)7-10-27-17)22-23-20(21-12)25-9-6-13-5-8-24(2)11-16(13)25/h3-4,13,16,26H,5-11H2,1-2H3. The highest BCUT2D eigenvalue weighted by Gasteiger charge is 2.39. The molecule has 2 atom stereocenters. The van der Waals surface area contributed by atoms with Gasteiger partial charge in [0.1, 0.15) is 17.2 Å². The number of anilines is 1. The van der Waals surface area contributed by atoms with Gasteiger partial charge in [-0.2, -0.15) is 0 Å². The molecule has 0 amide bonds. The summed E-state index contributed by atoms with van der Waals surface area (Å²) < 4.78 is 5.52. The van der Waals surface area contributed by atoms with Crippen molar-refractivity contribution in [2.45, 2.75) is 32.2 Å². The number of piperidine rings is 1. The van der Waals surface area contributed by atoms with Crippen LogP contribution >= 0.6 is 0 Å². The highest BCUT2D eigenvalue weighted by atomic mass is 16.5. The van der Waals surface area contributed by atoms with Gasteiger partial charge in [-0.15, -0.1) is 10.2 Å². The number of ether oxygens (including phenoxy) is 1. The van der Waals surface area contributed by atoms with Crippen LogP contribution in [0.25, 0.3) is 11.3 Å². The zero-order valence-electron chi connectivity index (χ0n) is 15.9.